The third kappa shape index (κ3) is 7.88. The van der Waals surface area contributed by atoms with E-state index in [1.54, 1.807) is 12.1 Å². The van der Waals surface area contributed by atoms with E-state index in [-0.39, 0.29) is 36.2 Å². The molecule has 0 saturated carbocycles. The van der Waals surface area contributed by atoms with Crippen LogP contribution in [0, 0.1) is 5.82 Å². The molecule has 0 spiro atoms. The highest BCUT2D eigenvalue weighted by Gasteiger charge is 2.29. The van der Waals surface area contributed by atoms with Crippen LogP contribution >= 0.6 is 0 Å². The van der Waals surface area contributed by atoms with Gasteiger partial charge in [-0.1, -0.05) is 71.4 Å². The SMILES string of the molecule is CCCCNC(=O)[C@@H](CC)N(Cc1ccc(F)cc1)C(=O)COc1ccccc1C(C)(C)C. The summed E-state index contributed by atoms with van der Waals surface area (Å²) in [5.41, 5.74) is 1.62. The lowest BCUT2D eigenvalue weighted by Crippen LogP contribution is -2.50. The molecule has 0 bridgehead atoms. The molecular formula is C27H37FN2O3. The van der Waals surface area contributed by atoms with Crippen molar-refractivity contribution in [3.8, 4) is 5.75 Å². The molecule has 0 heterocycles. The van der Waals surface area contributed by atoms with E-state index in [9.17, 15) is 14.0 Å². The van der Waals surface area contributed by atoms with Gasteiger partial charge < -0.3 is 15.0 Å². The highest BCUT2D eigenvalue weighted by molar-refractivity contribution is 5.88. The second kappa shape index (κ2) is 12.4. The van der Waals surface area contributed by atoms with Crippen LogP contribution in [0.25, 0.3) is 0 Å². The Morgan fingerprint density at radius 3 is 2.33 bits per heavy atom. The lowest BCUT2D eigenvalue weighted by Gasteiger charge is -2.31. The topological polar surface area (TPSA) is 58.6 Å². The smallest absolute Gasteiger partial charge is 0.261 e. The van der Waals surface area contributed by atoms with Crippen LogP contribution < -0.4 is 10.1 Å². The quantitative estimate of drug-likeness (QED) is 0.471. The molecule has 5 nitrogen and oxygen atoms in total. The van der Waals surface area contributed by atoms with Crippen molar-refractivity contribution in [3.63, 3.8) is 0 Å². The van der Waals surface area contributed by atoms with Crippen molar-refractivity contribution in [2.45, 2.75) is 71.9 Å². The van der Waals surface area contributed by atoms with Crippen molar-refractivity contribution in [1.82, 2.24) is 10.2 Å². The Bertz CT molecular complexity index is 906. The number of carbonyl (C=O) groups is 2. The molecule has 6 heteroatoms. The number of nitrogens with zero attached hydrogens (tertiary/aromatic N) is 1. The Labute approximate surface area is 197 Å². The van der Waals surface area contributed by atoms with E-state index in [1.807, 2.05) is 31.2 Å². The normalized spacial score (nSPS) is 12.2. The van der Waals surface area contributed by atoms with E-state index in [4.69, 9.17) is 4.74 Å². The molecule has 2 aromatic rings. The van der Waals surface area contributed by atoms with Gasteiger partial charge in [-0.3, -0.25) is 9.59 Å². The summed E-state index contributed by atoms with van der Waals surface area (Å²) in [6, 6.07) is 13.0. The fourth-order valence-corrected chi connectivity index (χ4v) is 3.65. The van der Waals surface area contributed by atoms with Gasteiger partial charge in [-0.15, -0.1) is 0 Å². The molecule has 33 heavy (non-hydrogen) atoms. The average molecular weight is 457 g/mol. The van der Waals surface area contributed by atoms with Crippen LogP contribution in [-0.2, 0) is 21.5 Å². The van der Waals surface area contributed by atoms with Crippen molar-refractivity contribution < 1.29 is 18.7 Å². The van der Waals surface area contributed by atoms with Gasteiger partial charge >= 0.3 is 0 Å². The number of nitrogens with one attached hydrogen (secondary N) is 1. The van der Waals surface area contributed by atoms with E-state index >= 15 is 0 Å². The lowest BCUT2D eigenvalue weighted by molar-refractivity contribution is -0.143. The standard InChI is InChI=1S/C27H37FN2O3/c1-6-8-17-29-26(32)23(7-2)30(18-20-13-15-21(28)16-14-20)25(31)19-33-24-12-10-9-11-22(24)27(3,4)5/h9-16,23H,6-8,17-19H2,1-5H3,(H,29,32)/t23-/m1/s1. The summed E-state index contributed by atoms with van der Waals surface area (Å²) in [5, 5.41) is 2.93. The second-order valence-corrected chi connectivity index (χ2v) is 9.25. The Hall–Kier alpha value is -2.89. The average Bonchev–Trinajstić information content (AvgIpc) is 2.78. The molecule has 2 rings (SSSR count). The minimum atomic E-state index is -0.638. The van der Waals surface area contributed by atoms with Gasteiger partial charge in [0.25, 0.3) is 5.91 Å². The maximum Gasteiger partial charge on any atom is 0.261 e. The molecule has 0 saturated heterocycles. The zero-order chi connectivity index (χ0) is 24.4. The Morgan fingerprint density at radius 1 is 1.06 bits per heavy atom. The van der Waals surface area contributed by atoms with Gasteiger partial charge in [0.1, 0.15) is 17.6 Å². The van der Waals surface area contributed by atoms with E-state index in [2.05, 4.69) is 33.0 Å². The van der Waals surface area contributed by atoms with Crippen LogP contribution in [0.1, 0.15) is 65.0 Å². The first-order valence-corrected chi connectivity index (χ1v) is 11.7. The van der Waals surface area contributed by atoms with Crippen LogP contribution in [-0.4, -0.2) is 35.9 Å². The largest absolute Gasteiger partial charge is 0.483 e. The first-order valence-electron chi connectivity index (χ1n) is 11.7. The van der Waals surface area contributed by atoms with Gasteiger partial charge in [-0.05, 0) is 47.6 Å². The second-order valence-electron chi connectivity index (χ2n) is 9.25. The van der Waals surface area contributed by atoms with E-state index < -0.39 is 6.04 Å². The number of unbranched alkanes of at least 4 members (excludes halogenated alkanes) is 1. The first-order chi connectivity index (χ1) is 15.7. The molecule has 0 unspecified atom stereocenters. The van der Waals surface area contributed by atoms with Gasteiger partial charge in [0.05, 0.1) is 0 Å². The number of amides is 2. The van der Waals surface area contributed by atoms with Gasteiger partial charge in [-0.25, -0.2) is 4.39 Å². The number of benzene rings is 2. The van der Waals surface area contributed by atoms with Crippen molar-refractivity contribution in [3.05, 3.63) is 65.5 Å². The Morgan fingerprint density at radius 2 is 1.73 bits per heavy atom. The number of rotatable bonds is 11. The Balaban J connectivity index is 2.23. The number of para-hydroxylation sites is 1. The van der Waals surface area contributed by atoms with Gasteiger partial charge in [-0.2, -0.15) is 0 Å². The molecule has 1 atom stereocenters. The first kappa shape index (κ1) is 26.4. The number of carbonyl (C=O) groups excluding carboxylic acids is 2. The zero-order valence-corrected chi connectivity index (χ0v) is 20.5. The number of hydrogen-bond donors (Lipinski definition) is 1. The molecule has 0 aromatic heterocycles. The van der Waals surface area contributed by atoms with Gasteiger partial charge in [0, 0.05) is 13.1 Å². The lowest BCUT2D eigenvalue weighted by atomic mass is 9.86. The number of ether oxygens (including phenoxy) is 1. The molecule has 180 valence electrons. The fraction of sp³-hybridized carbons (Fsp3) is 0.481. The summed E-state index contributed by atoms with van der Waals surface area (Å²) in [6.07, 6.45) is 2.31. The van der Waals surface area contributed by atoms with Crippen LogP contribution in [0.5, 0.6) is 5.75 Å². The van der Waals surface area contributed by atoms with Crippen molar-refractivity contribution in [2.24, 2.45) is 0 Å². The minimum Gasteiger partial charge on any atom is -0.483 e. The maximum absolute atomic E-state index is 13.4. The summed E-state index contributed by atoms with van der Waals surface area (Å²) in [5.74, 6) is -0.166. The number of halogens is 1. The third-order valence-electron chi connectivity index (χ3n) is 5.53. The summed E-state index contributed by atoms with van der Waals surface area (Å²) in [6.45, 7) is 10.8. The molecule has 2 amide bonds. The zero-order valence-electron chi connectivity index (χ0n) is 20.5. The van der Waals surface area contributed by atoms with Crippen molar-refractivity contribution in [1.29, 1.82) is 0 Å². The molecule has 1 N–H and O–H groups in total. The van der Waals surface area contributed by atoms with E-state index in [1.165, 1.54) is 17.0 Å². The summed E-state index contributed by atoms with van der Waals surface area (Å²) in [7, 11) is 0. The molecule has 0 aliphatic heterocycles. The fourth-order valence-electron chi connectivity index (χ4n) is 3.65. The predicted octanol–water partition coefficient (Wildman–Crippen LogP) is 5.23. The van der Waals surface area contributed by atoms with Crippen molar-refractivity contribution in [2.75, 3.05) is 13.2 Å². The van der Waals surface area contributed by atoms with E-state index in [0.717, 1.165) is 24.0 Å². The molecule has 0 aliphatic carbocycles. The highest BCUT2D eigenvalue weighted by atomic mass is 19.1. The molecular weight excluding hydrogens is 419 g/mol. The van der Waals surface area contributed by atoms with Crippen LogP contribution in [0.4, 0.5) is 4.39 Å². The predicted molar refractivity (Wildman–Crippen MR) is 130 cm³/mol. The minimum absolute atomic E-state index is 0.140. The summed E-state index contributed by atoms with van der Waals surface area (Å²) in [4.78, 5) is 27.8. The third-order valence-corrected chi connectivity index (χ3v) is 5.53. The summed E-state index contributed by atoms with van der Waals surface area (Å²) < 4.78 is 19.3. The van der Waals surface area contributed by atoms with Gasteiger partial charge in [0.15, 0.2) is 6.61 Å². The monoisotopic (exact) mass is 456 g/mol. The van der Waals surface area contributed by atoms with Crippen molar-refractivity contribution >= 4 is 11.8 Å². The van der Waals surface area contributed by atoms with E-state index in [0.29, 0.717) is 18.7 Å². The van der Waals surface area contributed by atoms with Crippen LogP contribution in [0.3, 0.4) is 0 Å². The molecule has 0 fully saturated rings. The Kier molecular flexibility index (Phi) is 9.89. The maximum atomic E-state index is 13.4. The summed E-state index contributed by atoms with van der Waals surface area (Å²) >= 11 is 0. The van der Waals surface area contributed by atoms with Crippen LogP contribution in [0.2, 0.25) is 0 Å². The number of hydrogen-bond acceptors (Lipinski definition) is 3. The molecule has 0 radical (unpaired) electrons. The van der Waals surface area contributed by atoms with Crippen LogP contribution in [0.15, 0.2) is 48.5 Å². The molecule has 2 aromatic carbocycles. The van der Waals surface area contributed by atoms with Gasteiger partial charge in [0.2, 0.25) is 5.91 Å². The molecule has 0 aliphatic rings. The highest BCUT2D eigenvalue weighted by Crippen LogP contribution is 2.31.